The second kappa shape index (κ2) is 9.09. The highest BCUT2D eigenvalue weighted by molar-refractivity contribution is 7.91. The summed E-state index contributed by atoms with van der Waals surface area (Å²) < 4.78 is 35.2. The maximum atomic E-state index is 12.3. The van der Waals surface area contributed by atoms with Crippen LogP contribution in [0.3, 0.4) is 0 Å². The fourth-order valence-corrected chi connectivity index (χ4v) is 3.95. The monoisotopic (exact) mass is 379 g/mol. The molecule has 1 aromatic heterocycles. The van der Waals surface area contributed by atoms with Gasteiger partial charge in [-0.3, -0.25) is 4.79 Å². The van der Waals surface area contributed by atoms with Crippen molar-refractivity contribution in [1.29, 1.82) is 0 Å². The first-order chi connectivity index (χ1) is 12.3. The molecule has 0 fully saturated rings. The maximum Gasteiger partial charge on any atom is 0.226 e. The zero-order chi connectivity index (χ0) is 19.2. The highest BCUT2D eigenvalue weighted by atomic mass is 32.2. The predicted molar refractivity (Wildman–Crippen MR) is 99.6 cm³/mol. The largest absolute Gasteiger partial charge is 0.441 e. The Morgan fingerprint density at radius 2 is 1.85 bits per heavy atom. The normalized spacial score (nSPS) is 11.7. The summed E-state index contributed by atoms with van der Waals surface area (Å²) in [7, 11) is -1.98. The Morgan fingerprint density at radius 3 is 2.50 bits per heavy atom. The lowest BCUT2D eigenvalue weighted by Gasteiger charge is -2.03. The minimum Gasteiger partial charge on any atom is -0.441 e. The third-order valence-corrected chi connectivity index (χ3v) is 5.46. The highest BCUT2D eigenvalue weighted by Gasteiger charge is 2.21. The Morgan fingerprint density at radius 1 is 1.15 bits per heavy atom. The van der Waals surface area contributed by atoms with E-state index < -0.39 is 15.6 Å². The van der Waals surface area contributed by atoms with Gasteiger partial charge in [-0.1, -0.05) is 17.7 Å². The van der Waals surface area contributed by atoms with Crippen LogP contribution in [0.4, 0.5) is 0 Å². The number of carbonyl (C=O) groups excluding carboxylic acids is 1. The summed E-state index contributed by atoms with van der Waals surface area (Å²) in [6.07, 6.45) is 1.61. The van der Waals surface area contributed by atoms with Gasteiger partial charge in [-0.2, -0.15) is 0 Å². The van der Waals surface area contributed by atoms with Gasteiger partial charge in [0.1, 0.15) is 17.3 Å². The first-order valence-electron chi connectivity index (χ1n) is 8.55. The molecule has 142 valence electrons. The quantitative estimate of drug-likeness (QED) is 0.589. The molecule has 0 unspecified atom stereocenters. The van der Waals surface area contributed by atoms with Gasteiger partial charge in [0.25, 0.3) is 0 Å². The summed E-state index contributed by atoms with van der Waals surface area (Å²) >= 11 is 0. The first-order valence-corrected chi connectivity index (χ1v) is 10.4. The van der Waals surface area contributed by atoms with E-state index in [2.05, 4.69) is 4.98 Å². The van der Waals surface area contributed by atoms with E-state index in [1.807, 2.05) is 31.2 Å². The topological polar surface area (TPSA) is 86.5 Å². The number of sulfone groups is 1. The molecular weight excluding hydrogens is 354 g/mol. The van der Waals surface area contributed by atoms with Crippen molar-refractivity contribution in [3.63, 3.8) is 0 Å². The maximum absolute atomic E-state index is 12.3. The lowest BCUT2D eigenvalue weighted by molar-refractivity contribution is -0.116. The SMILES string of the molecule is COCCCCC(=O)CS(=O)(=O)Cc1nc(-c2ccc(C)cc2)oc1C. The molecule has 0 aliphatic heterocycles. The number of methoxy groups -OCH3 is 1. The van der Waals surface area contributed by atoms with Crippen LogP contribution in [0.5, 0.6) is 0 Å². The van der Waals surface area contributed by atoms with E-state index >= 15 is 0 Å². The van der Waals surface area contributed by atoms with Crippen molar-refractivity contribution in [2.24, 2.45) is 0 Å². The molecule has 0 spiro atoms. The molecule has 2 aromatic rings. The van der Waals surface area contributed by atoms with E-state index in [0.29, 0.717) is 30.4 Å². The van der Waals surface area contributed by atoms with E-state index in [1.165, 1.54) is 0 Å². The molecule has 1 heterocycles. The molecule has 7 heteroatoms. The number of carbonyl (C=O) groups is 1. The number of benzene rings is 1. The zero-order valence-corrected chi connectivity index (χ0v) is 16.3. The molecule has 2 rings (SSSR count). The Kier molecular flexibility index (Phi) is 7.11. The van der Waals surface area contributed by atoms with Gasteiger partial charge in [-0.15, -0.1) is 0 Å². The van der Waals surface area contributed by atoms with Gasteiger partial charge in [0.2, 0.25) is 5.89 Å². The Labute approximate surface area is 154 Å². The smallest absolute Gasteiger partial charge is 0.226 e. The molecule has 1 aromatic carbocycles. The minimum atomic E-state index is -3.58. The van der Waals surface area contributed by atoms with Crippen LogP contribution in [0.25, 0.3) is 11.5 Å². The second-order valence-corrected chi connectivity index (χ2v) is 8.47. The van der Waals surface area contributed by atoms with E-state index in [-0.39, 0.29) is 18.0 Å². The number of ketones is 1. The van der Waals surface area contributed by atoms with Crippen molar-refractivity contribution >= 4 is 15.6 Å². The number of ether oxygens (including phenoxy) is 1. The van der Waals surface area contributed by atoms with Crippen LogP contribution in [0.1, 0.15) is 36.3 Å². The van der Waals surface area contributed by atoms with Gasteiger partial charge >= 0.3 is 0 Å². The van der Waals surface area contributed by atoms with Crippen LogP contribution in [-0.2, 0) is 25.1 Å². The molecular formula is C19H25NO5S. The molecule has 0 N–H and O–H groups in total. The van der Waals surface area contributed by atoms with Gasteiger partial charge in [-0.05, 0) is 38.8 Å². The molecule has 0 aliphatic carbocycles. The van der Waals surface area contributed by atoms with E-state index in [0.717, 1.165) is 17.5 Å². The van der Waals surface area contributed by atoms with Gasteiger partial charge in [-0.25, -0.2) is 13.4 Å². The molecule has 6 nitrogen and oxygen atoms in total. The van der Waals surface area contributed by atoms with Crippen LogP contribution in [0, 0.1) is 13.8 Å². The van der Waals surface area contributed by atoms with Crippen molar-refractivity contribution < 1.29 is 22.4 Å². The Bertz CT molecular complexity index is 837. The van der Waals surface area contributed by atoms with Gasteiger partial charge < -0.3 is 9.15 Å². The molecule has 0 amide bonds. The van der Waals surface area contributed by atoms with Crippen LogP contribution in [0.2, 0.25) is 0 Å². The number of aryl methyl sites for hydroxylation is 2. The Hall–Kier alpha value is -1.99. The molecule has 26 heavy (non-hydrogen) atoms. The summed E-state index contributed by atoms with van der Waals surface area (Å²) in [5.74, 6) is -0.194. The Balaban J connectivity index is 2.00. The zero-order valence-electron chi connectivity index (χ0n) is 15.4. The van der Waals surface area contributed by atoms with Crippen molar-refractivity contribution in [2.45, 2.75) is 38.9 Å². The van der Waals surface area contributed by atoms with Crippen LogP contribution in [0.15, 0.2) is 28.7 Å². The summed E-state index contributed by atoms with van der Waals surface area (Å²) in [4.78, 5) is 16.2. The summed E-state index contributed by atoms with van der Waals surface area (Å²) in [6, 6.07) is 7.63. The van der Waals surface area contributed by atoms with Gasteiger partial charge in [0.15, 0.2) is 9.84 Å². The first kappa shape index (κ1) is 20.3. The highest BCUT2D eigenvalue weighted by Crippen LogP contribution is 2.23. The number of oxazole rings is 1. The number of hydrogen-bond donors (Lipinski definition) is 0. The average Bonchev–Trinajstić information content (AvgIpc) is 2.92. The van der Waals surface area contributed by atoms with E-state index in [4.69, 9.17) is 9.15 Å². The van der Waals surface area contributed by atoms with E-state index in [1.54, 1.807) is 14.0 Å². The number of Topliss-reactive ketones (excluding diaryl/α,β-unsaturated/α-hetero) is 1. The standard InChI is InChI=1S/C19H25NO5S/c1-14-7-9-16(10-8-14)19-20-18(15(2)25-19)13-26(22,23)12-17(21)6-4-5-11-24-3/h7-10H,4-6,11-13H2,1-3H3. The van der Waals surface area contributed by atoms with Crippen LogP contribution >= 0.6 is 0 Å². The number of rotatable bonds is 10. The number of unbranched alkanes of at least 4 members (excludes halogenated alkanes) is 1. The minimum absolute atomic E-state index is 0.245. The lowest BCUT2D eigenvalue weighted by Crippen LogP contribution is -2.18. The molecule has 0 aliphatic rings. The molecule has 0 atom stereocenters. The number of nitrogens with zero attached hydrogens (tertiary/aromatic N) is 1. The second-order valence-electron chi connectivity index (χ2n) is 6.41. The third kappa shape index (κ3) is 6.07. The molecule has 0 radical (unpaired) electrons. The molecule has 0 bridgehead atoms. The van der Waals surface area contributed by atoms with Gasteiger partial charge in [0, 0.05) is 25.7 Å². The van der Waals surface area contributed by atoms with Crippen molar-refractivity contribution in [3.8, 4) is 11.5 Å². The predicted octanol–water partition coefficient (Wildman–Crippen LogP) is 3.26. The summed E-state index contributed by atoms with van der Waals surface area (Å²) in [5, 5.41) is 0. The fraction of sp³-hybridized carbons (Fsp3) is 0.474. The molecule has 0 saturated carbocycles. The van der Waals surface area contributed by atoms with Crippen molar-refractivity contribution in [1.82, 2.24) is 4.98 Å². The number of aromatic nitrogens is 1. The van der Waals surface area contributed by atoms with Crippen molar-refractivity contribution in [3.05, 3.63) is 41.3 Å². The van der Waals surface area contributed by atoms with Crippen molar-refractivity contribution in [2.75, 3.05) is 19.5 Å². The molecule has 0 saturated heterocycles. The summed E-state index contributed by atoms with van der Waals surface area (Å²) in [6.45, 7) is 4.23. The average molecular weight is 379 g/mol. The van der Waals surface area contributed by atoms with Crippen LogP contribution in [-0.4, -0.2) is 38.7 Å². The van der Waals surface area contributed by atoms with E-state index in [9.17, 15) is 13.2 Å². The van der Waals surface area contributed by atoms with Gasteiger partial charge in [0.05, 0.1) is 11.4 Å². The lowest BCUT2D eigenvalue weighted by atomic mass is 10.1. The fourth-order valence-electron chi connectivity index (χ4n) is 2.53. The number of hydrogen-bond acceptors (Lipinski definition) is 6. The van der Waals surface area contributed by atoms with Crippen LogP contribution < -0.4 is 0 Å². The summed E-state index contributed by atoms with van der Waals surface area (Å²) in [5.41, 5.74) is 2.26. The third-order valence-electron chi connectivity index (χ3n) is 3.98.